The predicted octanol–water partition coefficient (Wildman–Crippen LogP) is 5.54. The molecule has 17 heavy (non-hydrogen) atoms. The smallest absolute Gasteiger partial charge is 0.0273 e. The minimum atomic E-state index is -1.25. The van der Waals surface area contributed by atoms with Crippen LogP contribution in [0.3, 0.4) is 0 Å². The van der Waals surface area contributed by atoms with Crippen LogP contribution in [0.5, 0.6) is 0 Å². The van der Waals surface area contributed by atoms with Crippen LogP contribution in [0.15, 0.2) is 30.3 Å². The molecule has 1 fully saturated rings. The van der Waals surface area contributed by atoms with Gasteiger partial charge in [0.15, 0.2) is 0 Å². The van der Waals surface area contributed by atoms with Crippen molar-refractivity contribution in [2.45, 2.75) is 64.1 Å². The maximum atomic E-state index is 8.41. The first kappa shape index (κ1) is 9.19. The van der Waals surface area contributed by atoms with Gasteiger partial charge in [-0.25, -0.2) is 0 Å². The summed E-state index contributed by atoms with van der Waals surface area (Å²) in [5, 5.41) is 0. The highest BCUT2D eigenvalue weighted by atomic mass is 14.3. The number of benzene rings is 1. The molecule has 0 aliphatic heterocycles. The number of unbranched alkanes of at least 4 members (excludes halogenated alkanes) is 2. The number of rotatable bonds is 5. The van der Waals surface area contributed by atoms with E-state index in [0.29, 0.717) is 12.3 Å². The van der Waals surface area contributed by atoms with Gasteiger partial charge >= 0.3 is 0 Å². The Morgan fingerprint density at radius 3 is 2.71 bits per heavy atom. The molecule has 1 saturated carbocycles. The zero-order valence-electron chi connectivity index (χ0n) is 13.9. The van der Waals surface area contributed by atoms with Crippen LogP contribution < -0.4 is 0 Å². The molecule has 1 aromatic rings. The van der Waals surface area contributed by atoms with Gasteiger partial charge in [0.25, 0.3) is 0 Å². The summed E-state index contributed by atoms with van der Waals surface area (Å²) in [7, 11) is 0. The Bertz CT molecular complexity index is 402. The Morgan fingerprint density at radius 2 is 2.00 bits per heavy atom. The summed E-state index contributed by atoms with van der Waals surface area (Å²) < 4.78 is 25.2. The highest BCUT2D eigenvalue weighted by Crippen LogP contribution is 2.37. The Balaban J connectivity index is 2.06. The van der Waals surface area contributed by atoms with Gasteiger partial charge in [0, 0.05) is 4.11 Å². The van der Waals surface area contributed by atoms with E-state index in [1.54, 1.807) is 0 Å². The summed E-state index contributed by atoms with van der Waals surface area (Å²) in [5.74, 6) is 0.116. The second kappa shape index (κ2) is 6.83. The average Bonchev–Trinajstić information content (AvgIpc) is 2.38. The fourth-order valence-electron chi connectivity index (χ4n) is 2.61. The van der Waals surface area contributed by atoms with Crippen LogP contribution in [0.2, 0.25) is 0 Å². The topological polar surface area (TPSA) is 0 Å². The molecular formula is C17H26. The summed E-state index contributed by atoms with van der Waals surface area (Å²) in [5.41, 5.74) is 0.990. The van der Waals surface area contributed by atoms with Crippen molar-refractivity contribution in [2.24, 2.45) is 5.92 Å². The van der Waals surface area contributed by atoms with Crippen molar-refractivity contribution in [3.63, 3.8) is 0 Å². The minimum Gasteiger partial charge on any atom is -0.0654 e. The van der Waals surface area contributed by atoms with E-state index in [1.165, 1.54) is 19.3 Å². The second-order valence-electron chi connectivity index (χ2n) is 5.13. The summed E-state index contributed by atoms with van der Waals surface area (Å²) in [4.78, 5) is 0. The Morgan fingerprint density at radius 1 is 1.18 bits per heavy atom. The van der Waals surface area contributed by atoms with Crippen LogP contribution >= 0.6 is 0 Å². The molecule has 94 valence electrons. The Hall–Kier alpha value is -0.780. The zero-order chi connectivity index (χ0) is 14.6. The third-order valence-corrected chi connectivity index (χ3v) is 3.71. The lowest BCUT2D eigenvalue weighted by Crippen LogP contribution is -2.13. The van der Waals surface area contributed by atoms with Crippen LogP contribution in [0.1, 0.15) is 73.8 Å². The first-order valence-corrected chi connectivity index (χ1v) is 7.02. The predicted molar refractivity (Wildman–Crippen MR) is 75.3 cm³/mol. The number of hydrogen-bond acceptors (Lipinski definition) is 0. The van der Waals surface area contributed by atoms with Gasteiger partial charge in [-0.1, -0.05) is 62.9 Å². The maximum absolute atomic E-state index is 8.41. The van der Waals surface area contributed by atoms with Gasteiger partial charge in [0.1, 0.15) is 0 Å². The number of hydrogen-bond donors (Lipinski definition) is 0. The summed E-state index contributed by atoms with van der Waals surface area (Å²) in [6.07, 6.45) is 4.61. The first-order valence-electron chi connectivity index (χ1n) is 8.59. The average molecular weight is 233 g/mol. The molecule has 1 aliphatic rings. The van der Waals surface area contributed by atoms with Crippen molar-refractivity contribution in [3.05, 3.63) is 35.9 Å². The van der Waals surface area contributed by atoms with E-state index in [2.05, 4.69) is 6.92 Å². The molecule has 0 heterocycles. The molecule has 0 amide bonds. The Labute approximate surface area is 111 Å². The van der Waals surface area contributed by atoms with E-state index in [9.17, 15) is 0 Å². The van der Waals surface area contributed by atoms with Crippen molar-refractivity contribution in [3.8, 4) is 0 Å². The lowest BCUT2D eigenvalue weighted by molar-refractivity contribution is 0.303. The standard InChI is InChI=1S/C17H26/c1-2-3-5-8-15-11-13-17(14-12-15)16-9-6-4-7-10-16/h4,6-7,9-10,15,17H,2-3,5,8,11-14H2,1H3/t15-,17?/i13D,14D2/t13-,15-,17?/m1/s1. The first-order chi connectivity index (χ1) is 9.54. The molecule has 0 saturated heterocycles. The fraction of sp³-hybridized carbons (Fsp3) is 0.647. The molecule has 1 aliphatic carbocycles. The molecule has 0 spiro atoms. The van der Waals surface area contributed by atoms with E-state index < -0.39 is 6.37 Å². The quantitative estimate of drug-likeness (QED) is 0.586. The van der Waals surface area contributed by atoms with Gasteiger partial charge in [-0.05, 0) is 43.0 Å². The summed E-state index contributed by atoms with van der Waals surface area (Å²) >= 11 is 0. The molecule has 3 atom stereocenters. The maximum Gasteiger partial charge on any atom is 0.0273 e. The van der Waals surface area contributed by atoms with Crippen molar-refractivity contribution in [1.29, 1.82) is 0 Å². The fourth-order valence-corrected chi connectivity index (χ4v) is 2.61. The van der Waals surface area contributed by atoms with E-state index >= 15 is 0 Å². The normalized spacial score (nSPS) is 34.6. The van der Waals surface area contributed by atoms with Crippen molar-refractivity contribution in [2.75, 3.05) is 0 Å². The van der Waals surface area contributed by atoms with Crippen molar-refractivity contribution >= 4 is 0 Å². The zero-order valence-corrected chi connectivity index (χ0v) is 10.9. The van der Waals surface area contributed by atoms with Gasteiger partial charge in [0.2, 0.25) is 0 Å². The lowest BCUT2D eigenvalue weighted by Gasteiger charge is -2.28. The Kier molecular flexibility index (Phi) is 3.69. The lowest BCUT2D eigenvalue weighted by atomic mass is 9.77. The van der Waals surface area contributed by atoms with E-state index in [-0.39, 0.29) is 12.3 Å². The summed E-state index contributed by atoms with van der Waals surface area (Å²) in [6.45, 7) is 2.19. The molecule has 0 bridgehead atoms. The van der Waals surface area contributed by atoms with E-state index in [4.69, 9.17) is 4.11 Å². The highest BCUT2D eigenvalue weighted by Gasteiger charge is 2.21. The molecule has 1 unspecified atom stereocenters. The van der Waals surface area contributed by atoms with Crippen LogP contribution in [0.25, 0.3) is 0 Å². The molecule has 0 nitrogen and oxygen atoms in total. The van der Waals surface area contributed by atoms with Gasteiger partial charge in [-0.3, -0.25) is 0 Å². The summed E-state index contributed by atoms with van der Waals surface area (Å²) in [6, 6.07) is 9.80. The third kappa shape index (κ3) is 3.87. The molecule has 0 radical (unpaired) electrons. The van der Waals surface area contributed by atoms with Crippen LogP contribution in [-0.4, -0.2) is 0 Å². The SMILES string of the molecule is [2H][C@@H]1C[C@@H](CCCCC)CC([2H])([2H])C1c1ccccc1. The largest absolute Gasteiger partial charge is 0.0654 e. The van der Waals surface area contributed by atoms with Gasteiger partial charge in [-0.2, -0.15) is 0 Å². The second-order valence-corrected chi connectivity index (χ2v) is 5.13. The van der Waals surface area contributed by atoms with Crippen LogP contribution in [0, 0.1) is 5.92 Å². The minimum absolute atomic E-state index is 0.272. The van der Waals surface area contributed by atoms with Gasteiger partial charge in [0.05, 0.1) is 0 Å². The van der Waals surface area contributed by atoms with E-state index in [1.807, 2.05) is 30.3 Å². The van der Waals surface area contributed by atoms with Gasteiger partial charge in [-0.15, -0.1) is 0 Å². The monoisotopic (exact) mass is 233 g/mol. The third-order valence-electron chi connectivity index (χ3n) is 3.71. The van der Waals surface area contributed by atoms with Crippen molar-refractivity contribution < 1.29 is 4.11 Å². The molecule has 1 aromatic carbocycles. The molecule has 0 N–H and O–H groups in total. The van der Waals surface area contributed by atoms with Crippen LogP contribution in [-0.2, 0) is 0 Å². The molecule has 0 aromatic heterocycles. The molecule has 2 rings (SSSR count). The highest BCUT2D eigenvalue weighted by molar-refractivity contribution is 5.19. The van der Waals surface area contributed by atoms with E-state index in [0.717, 1.165) is 18.4 Å². The van der Waals surface area contributed by atoms with Crippen molar-refractivity contribution in [1.82, 2.24) is 0 Å². The van der Waals surface area contributed by atoms with Crippen LogP contribution in [0.4, 0.5) is 0 Å². The molecular weight excluding hydrogens is 204 g/mol. The van der Waals surface area contributed by atoms with Gasteiger partial charge < -0.3 is 0 Å². The molecule has 0 heteroatoms.